The maximum absolute atomic E-state index is 10.3. The molecule has 0 aromatic heterocycles. The molecule has 6 heteroatoms. The van der Waals surface area contributed by atoms with Crippen LogP contribution in [0.1, 0.15) is 34.6 Å². The fourth-order valence-electron chi connectivity index (χ4n) is 2.35. The van der Waals surface area contributed by atoms with Crippen LogP contribution in [0.15, 0.2) is 0 Å². The van der Waals surface area contributed by atoms with Crippen LogP contribution < -0.4 is 0 Å². The van der Waals surface area contributed by atoms with E-state index < -0.39 is 36.1 Å². The van der Waals surface area contributed by atoms with Gasteiger partial charge in [-0.25, -0.2) is 0 Å². The van der Waals surface area contributed by atoms with Gasteiger partial charge in [0.2, 0.25) is 0 Å². The average molecular weight is 292 g/mol. The quantitative estimate of drug-likeness (QED) is 0.566. The molecule has 0 aromatic carbocycles. The van der Waals surface area contributed by atoms with E-state index in [1.807, 2.05) is 20.8 Å². The highest BCUT2D eigenvalue weighted by Gasteiger charge is 2.49. The highest BCUT2D eigenvalue weighted by Crippen LogP contribution is 2.35. The zero-order valence-corrected chi connectivity index (χ0v) is 12.9. The summed E-state index contributed by atoms with van der Waals surface area (Å²) in [7, 11) is 0. The van der Waals surface area contributed by atoms with Crippen molar-refractivity contribution in [2.45, 2.75) is 70.7 Å². The van der Waals surface area contributed by atoms with E-state index in [0.29, 0.717) is 0 Å². The SMILES string of the molecule is CC(C)(CO)O[C@@H]1C(CO)OC(C(C)(C)C)[C@H](O)C1O. The van der Waals surface area contributed by atoms with Gasteiger partial charge in [0.05, 0.1) is 24.9 Å². The van der Waals surface area contributed by atoms with Gasteiger partial charge in [-0.05, 0) is 19.3 Å². The summed E-state index contributed by atoms with van der Waals surface area (Å²) in [5.74, 6) is 0. The van der Waals surface area contributed by atoms with Gasteiger partial charge in [0, 0.05) is 0 Å². The van der Waals surface area contributed by atoms with Gasteiger partial charge in [0.1, 0.15) is 24.4 Å². The zero-order valence-electron chi connectivity index (χ0n) is 12.9. The molecular weight excluding hydrogens is 264 g/mol. The molecule has 1 aliphatic rings. The zero-order chi connectivity index (χ0) is 15.7. The van der Waals surface area contributed by atoms with Gasteiger partial charge < -0.3 is 29.9 Å². The van der Waals surface area contributed by atoms with Crippen molar-refractivity contribution in [3.8, 4) is 0 Å². The molecule has 0 aliphatic carbocycles. The monoisotopic (exact) mass is 292 g/mol. The highest BCUT2D eigenvalue weighted by molar-refractivity contribution is 4.98. The maximum atomic E-state index is 10.3. The van der Waals surface area contributed by atoms with Crippen molar-refractivity contribution >= 4 is 0 Å². The highest BCUT2D eigenvalue weighted by atomic mass is 16.6. The van der Waals surface area contributed by atoms with Crippen LogP contribution in [0, 0.1) is 5.41 Å². The summed E-state index contributed by atoms with van der Waals surface area (Å²) in [5.41, 5.74) is -1.28. The first-order chi connectivity index (χ1) is 9.03. The lowest BCUT2D eigenvalue weighted by molar-refractivity contribution is -0.281. The number of aliphatic hydroxyl groups excluding tert-OH is 4. The van der Waals surface area contributed by atoms with E-state index in [0.717, 1.165) is 0 Å². The second-order valence-electron chi connectivity index (χ2n) is 7.13. The first-order valence-corrected chi connectivity index (χ1v) is 6.94. The molecule has 1 heterocycles. The smallest absolute Gasteiger partial charge is 0.115 e. The Kier molecular flexibility index (Phi) is 5.57. The molecule has 0 amide bonds. The number of rotatable bonds is 4. The summed E-state index contributed by atoms with van der Waals surface area (Å²) in [6, 6.07) is 0. The van der Waals surface area contributed by atoms with Crippen molar-refractivity contribution in [3.63, 3.8) is 0 Å². The summed E-state index contributed by atoms with van der Waals surface area (Å²) in [6.45, 7) is 8.42. The summed E-state index contributed by atoms with van der Waals surface area (Å²) in [6.07, 6.45) is -4.54. The largest absolute Gasteiger partial charge is 0.394 e. The van der Waals surface area contributed by atoms with E-state index >= 15 is 0 Å². The predicted molar refractivity (Wildman–Crippen MR) is 73.3 cm³/mol. The summed E-state index contributed by atoms with van der Waals surface area (Å²) >= 11 is 0. The first-order valence-electron chi connectivity index (χ1n) is 6.94. The third kappa shape index (κ3) is 3.90. The fourth-order valence-corrected chi connectivity index (χ4v) is 2.35. The Bertz CT molecular complexity index is 309. The summed E-state index contributed by atoms with van der Waals surface area (Å²) in [5, 5.41) is 39.2. The number of hydrogen-bond acceptors (Lipinski definition) is 6. The van der Waals surface area contributed by atoms with Crippen LogP contribution in [0.25, 0.3) is 0 Å². The molecule has 0 bridgehead atoms. The van der Waals surface area contributed by atoms with E-state index in [2.05, 4.69) is 0 Å². The Balaban J connectivity index is 2.93. The van der Waals surface area contributed by atoms with Crippen molar-refractivity contribution in [1.82, 2.24) is 0 Å². The van der Waals surface area contributed by atoms with Crippen LogP contribution in [-0.2, 0) is 9.47 Å². The Hall–Kier alpha value is -0.240. The molecule has 1 rings (SSSR count). The molecular formula is C14H28O6. The van der Waals surface area contributed by atoms with E-state index in [-0.39, 0.29) is 18.6 Å². The Labute approximate surface area is 120 Å². The topological polar surface area (TPSA) is 99.4 Å². The van der Waals surface area contributed by atoms with Crippen LogP contribution in [0.4, 0.5) is 0 Å². The van der Waals surface area contributed by atoms with Gasteiger partial charge in [-0.2, -0.15) is 0 Å². The van der Waals surface area contributed by atoms with Crippen LogP contribution in [0.2, 0.25) is 0 Å². The first kappa shape index (κ1) is 17.8. The molecule has 0 saturated carbocycles. The molecule has 120 valence electrons. The normalized spacial score (nSPS) is 36.1. The third-order valence-corrected chi connectivity index (χ3v) is 3.55. The van der Waals surface area contributed by atoms with Gasteiger partial charge in [0.25, 0.3) is 0 Å². The van der Waals surface area contributed by atoms with Crippen LogP contribution in [0.5, 0.6) is 0 Å². The van der Waals surface area contributed by atoms with Crippen molar-refractivity contribution in [2.75, 3.05) is 13.2 Å². The van der Waals surface area contributed by atoms with Crippen molar-refractivity contribution in [3.05, 3.63) is 0 Å². The average Bonchev–Trinajstić information content (AvgIpc) is 2.33. The van der Waals surface area contributed by atoms with E-state index in [9.17, 15) is 20.4 Å². The Morgan fingerprint density at radius 1 is 1.00 bits per heavy atom. The lowest BCUT2D eigenvalue weighted by Crippen LogP contribution is -2.63. The van der Waals surface area contributed by atoms with Gasteiger partial charge in [0.15, 0.2) is 0 Å². The number of aliphatic hydroxyl groups is 4. The molecule has 20 heavy (non-hydrogen) atoms. The van der Waals surface area contributed by atoms with Gasteiger partial charge in [-0.15, -0.1) is 0 Å². The second kappa shape index (κ2) is 6.25. The molecule has 0 radical (unpaired) electrons. The van der Waals surface area contributed by atoms with E-state index in [1.54, 1.807) is 13.8 Å². The molecule has 4 N–H and O–H groups in total. The molecule has 1 fully saturated rings. The number of hydrogen-bond donors (Lipinski definition) is 4. The minimum atomic E-state index is -1.18. The minimum absolute atomic E-state index is 0.243. The lowest BCUT2D eigenvalue weighted by Gasteiger charge is -2.48. The fraction of sp³-hybridized carbons (Fsp3) is 1.00. The third-order valence-electron chi connectivity index (χ3n) is 3.55. The molecule has 0 spiro atoms. The predicted octanol–water partition coefficient (Wildman–Crippen LogP) is -0.330. The van der Waals surface area contributed by atoms with Gasteiger partial charge in [-0.3, -0.25) is 0 Å². The molecule has 6 nitrogen and oxygen atoms in total. The lowest BCUT2D eigenvalue weighted by atomic mass is 9.80. The minimum Gasteiger partial charge on any atom is -0.394 e. The molecule has 1 saturated heterocycles. The van der Waals surface area contributed by atoms with Gasteiger partial charge in [-0.1, -0.05) is 20.8 Å². The molecule has 1 aliphatic heterocycles. The van der Waals surface area contributed by atoms with E-state index in [4.69, 9.17) is 9.47 Å². The summed E-state index contributed by atoms with van der Waals surface area (Å²) in [4.78, 5) is 0. The number of ether oxygens (including phenoxy) is 2. The van der Waals surface area contributed by atoms with Crippen LogP contribution >= 0.6 is 0 Å². The van der Waals surface area contributed by atoms with Crippen LogP contribution in [0.3, 0.4) is 0 Å². The summed E-state index contributed by atoms with van der Waals surface area (Å²) < 4.78 is 11.3. The Morgan fingerprint density at radius 3 is 1.95 bits per heavy atom. The van der Waals surface area contributed by atoms with E-state index in [1.165, 1.54) is 0 Å². The van der Waals surface area contributed by atoms with Crippen molar-refractivity contribution < 1.29 is 29.9 Å². The standard InChI is InChI=1S/C14H28O6/c1-13(2,3)12-10(18)9(17)11(8(6-15)19-12)20-14(4,5)7-16/h8-12,15-18H,6-7H2,1-5H3/t8?,9?,10-,11-,12?/m1/s1. The maximum Gasteiger partial charge on any atom is 0.115 e. The van der Waals surface area contributed by atoms with Crippen LogP contribution in [-0.4, -0.2) is 69.8 Å². The molecule has 3 unspecified atom stereocenters. The molecule has 5 atom stereocenters. The second-order valence-corrected chi connectivity index (χ2v) is 7.13. The van der Waals surface area contributed by atoms with Crippen molar-refractivity contribution in [1.29, 1.82) is 0 Å². The molecule has 0 aromatic rings. The Morgan fingerprint density at radius 2 is 1.55 bits per heavy atom. The van der Waals surface area contributed by atoms with Gasteiger partial charge >= 0.3 is 0 Å². The van der Waals surface area contributed by atoms with Crippen molar-refractivity contribution in [2.24, 2.45) is 5.41 Å².